The Morgan fingerprint density at radius 3 is 2.43 bits per heavy atom. The van der Waals surface area contributed by atoms with Crippen molar-refractivity contribution < 1.29 is 19.8 Å². The zero-order chi connectivity index (χ0) is 10.7. The van der Waals surface area contributed by atoms with Gasteiger partial charge in [-0.25, -0.2) is 0 Å². The van der Waals surface area contributed by atoms with E-state index >= 15 is 0 Å². The van der Waals surface area contributed by atoms with Crippen molar-refractivity contribution in [2.75, 3.05) is 0 Å². The summed E-state index contributed by atoms with van der Waals surface area (Å²) in [6.45, 7) is 0. The Kier molecular flexibility index (Phi) is 2.71. The van der Waals surface area contributed by atoms with Crippen LogP contribution in [0.5, 0.6) is 5.75 Å². The first-order valence-corrected chi connectivity index (χ1v) is 3.83. The third-order valence-electron chi connectivity index (χ3n) is 1.74. The highest BCUT2D eigenvalue weighted by atomic mass is 16.4. The van der Waals surface area contributed by atoms with E-state index in [4.69, 9.17) is 15.9 Å². The van der Waals surface area contributed by atoms with Crippen LogP contribution in [-0.2, 0) is 9.59 Å². The van der Waals surface area contributed by atoms with Crippen LogP contribution in [0.25, 0.3) is 0 Å². The van der Waals surface area contributed by atoms with Crippen LogP contribution < -0.4 is 5.73 Å². The normalized spacial score (nSPS) is 12.0. The molecule has 5 nitrogen and oxygen atoms in total. The number of hydrogen-bond donors (Lipinski definition) is 3. The van der Waals surface area contributed by atoms with E-state index in [0.29, 0.717) is 0 Å². The second-order valence-electron chi connectivity index (χ2n) is 2.77. The molecule has 1 unspecified atom stereocenters. The Bertz CT molecular complexity index is 361. The van der Waals surface area contributed by atoms with Crippen molar-refractivity contribution in [1.29, 1.82) is 0 Å². The molecular formula is C9H9NO4. The van der Waals surface area contributed by atoms with E-state index < -0.39 is 17.8 Å². The highest BCUT2D eigenvalue weighted by molar-refractivity contribution is 6.01. The fourth-order valence-electron chi connectivity index (χ4n) is 1.13. The number of nitrogens with two attached hydrogens (primary N) is 1. The van der Waals surface area contributed by atoms with Crippen molar-refractivity contribution in [3.8, 4) is 5.75 Å². The van der Waals surface area contributed by atoms with E-state index in [1.54, 1.807) is 0 Å². The number of hydrogen-bond acceptors (Lipinski definition) is 3. The number of carboxylic acids is 1. The van der Waals surface area contributed by atoms with Gasteiger partial charge in [0, 0.05) is 0 Å². The van der Waals surface area contributed by atoms with Gasteiger partial charge in [0.1, 0.15) is 5.75 Å². The lowest BCUT2D eigenvalue weighted by Crippen LogP contribution is -2.27. The van der Waals surface area contributed by atoms with Gasteiger partial charge < -0.3 is 15.9 Å². The average molecular weight is 195 g/mol. The van der Waals surface area contributed by atoms with Crippen LogP contribution in [-0.4, -0.2) is 22.1 Å². The summed E-state index contributed by atoms with van der Waals surface area (Å²) in [5.41, 5.74) is 5.09. The van der Waals surface area contributed by atoms with Crippen LogP contribution in [0.4, 0.5) is 0 Å². The maximum atomic E-state index is 10.8. The molecule has 0 heterocycles. The lowest BCUT2D eigenvalue weighted by molar-refractivity contribution is -0.142. The molecule has 1 rings (SSSR count). The molecule has 0 aliphatic heterocycles. The summed E-state index contributed by atoms with van der Waals surface area (Å²) in [5, 5.41) is 17.8. The van der Waals surface area contributed by atoms with Crippen molar-refractivity contribution in [2.24, 2.45) is 5.73 Å². The summed E-state index contributed by atoms with van der Waals surface area (Å²) in [5.74, 6) is -3.80. The summed E-state index contributed by atoms with van der Waals surface area (Å²) in [6.07, 6.45) is 0. The zero-order valence-electron chi connectivity index (χ0n) is 7.18. The van der Waals surface area contributed by atoms with E-state index in [2.05, 4.69) is 0 Å². The molecule has 0 aromatic heterocycles. The van der Waals surface area contributed by atoms with E-state index in [1.807, 2.05) is 0 Å². The van der Waals surface area contributed by atoms with Gasteiger partial charge in [-0.3, -0.25) is 9.59 Å². The Morgan fingerprint density at radius 2 is 2.00 bits per heavy atom. The smallest absolute Gasteiger partial charge is 0.320 e. The van der Waals surface area contributed by atoms with E-state index in [0.717, 1.165) is 0 Å². The molecule has 0 spiro atoms. The van der Waals surface area contributed by atoms with Gasteiger partial charge in [-0.1, -0.05) is 12.1 Å². The summed E-state index contributed by atoms with van der Waals surface area (Å²) >= 11 is 0. The highest BCUT2D eigenvalue weighted by Gasteiger charge is 2.25. The summed E-state index contributed by atoms with van der Waals surface area (Å²) in [4.78, 5) is 21.5. The number of phenols is 1. The van der Waals surface area contributed by atoms with Crippen LogP contribution >= 0.6 is 0 Å². The third kappa shape index (κ3) is 2.01. The number of carbonyl (C=O) groups is 2. The van der Waals surface area contributed by atoms with Crippen molar-refractivity contribution in [3.63, 3.8) is 0 Å². The maximum absolute atomic E-state index is 10.8. The molecule has 14 heavy (non-hydrogen) atoms. The number of benzene rings is 1. The van der Waals surface area contributed by atoms with Gasteiger partial charge in [0.05, 0.1) is 0 Å². The molecule has 0 fully saturated rings. The molecule has 4 N–H and O–H groups in total. The van der Waals surface area contributed by atoms with Gasteiger partial charge in [0.25, 0.3) is 0 Å². The van der Waals surface area contributed by atoms with Gasteiger partial charge in [0.15, 0.2) is 5.92 Å². The number of carbonyl (C=O) groups excluding carboxylic acids is 1. The Labute approximate surface area is 79.8 Å². The van der Waals surface area contributed by atoms with Crippen LogP contribution in [0.2, 0.25) is 0 Å². The molecule has 0 radical (unpaired) electrons. The first kappa shape index (κ1) is 10.0. The molecule has 0 saturated carbocycles. The first-order valence-electron chi connectivity index (χ1n) is 3.83. The predicted molar refractivity (Wildman–Crippen MR) is 47.7 cm³/mol. The number of aromatic hydroxyl groups is 1. The maximum Gasteiger partial charge on any atom is 0.320 e. The average Bonchev–Trinajstić information content (AvgIpc) is 2.02. The van der Waals surface area contributed by atoms with Crippen LogP contribution in [0.1, 0.15) is 11.5 Å². The van der Waals surface area contributed by atoms with Gasteiger partial charge in [0.2, 0.25) is 5.91 Å². The van der Waals surface area contributed by atoms with Gasteiger partial charge in [-0.2, -0.15) is 0 Å². The van der Waals surface area contributed by atoms with Crippen molar-refractivity contribution in [1.82, 2.24) is 0 Å². The number of phenolic OH excluding ortho intramolecular Hbond substituents is 1. The van der Waals surface area contributed by atoms with E-state index in [1.165, 1.54) is 24.3 Å². The summed E-state index contributed by atoms with van der Waals surface area (Å²) < 4.78 is 0. The molecule has 74 valence electrons. The van der Waals surface area contributed by atoms with E-state index in [9.17, 15) is 9.59 Å². The topological polar surface area (TPSA) is 101 Å². The van der Waals surface area contributed by atoms with Crippen LogP contribution in [0, 0.1) is 0 Å². The number of carboxylic acid groups (broad SMARTS) is 1. The SMILES string of the molecule is NC(=O)C(C(=O)O)c1cccc(O)c1. The molecular weight excluding hydrogens is 186 g/mol. The van der Waals surface area contributed by atoms with Crippen molar-refractivity contribution in [3.05, 3.63) is 29.8 Å². The molecule has 0 aliphatic rings. The predicted octanol–water partition coefficient (Wildman–Crippen LogP) is 0.0457. The minimum atomic E-state index is -1.41. The van der Waals surface area contributed by atoms with Crippen LogP contribution in [0.15, 0.2) is 24.3 Å². The quantitative estimate of drug-likeness (QED) is 0.593. The number of rotatable bonds is 3. The second-order valence-corrected chi connectivity index (χ2v) is 2.77. The standard InChI is InChI=1S/C9H9NO4/c10-8(12)7(9(13)14)5-2-1-3-6(11)4-5/h1-4,7,11H,(H2,10,12)(H,13,14). The minimum Gasteiger partial charge on any atom is -0.508 e. The Hall–Kier alpha value is -2.04. The molecule has 1 atom stereocenters. The third-order valence-corrected chi connectivity index (χ3v) is 1.74. The van der Waals surface area contributed by atoms with Gasteiger partial charge in [-0.05, 0) is 17.7 Å². The van der Waals surface area contributed by atoms with Gasteiger partial charge >= 0.3 is 5.97 Å². The lowest BCUT2D eigenvalue weighted by Gasteiger charge is -2.08. The fraction of sp³-hybridized carbons (Fsp3) is 0.111. The summed E-state index contributed by atoms with van der Waals surface area (Å²) in [7, 11) is 0. The fourth-order valence-corrected chi connectivity index (χ4v) is 1.13. The number of primary amides is 1. The first-order chi connectivity index (χ1) is 6.52. The van der Waals surface area contributed by atoms with Gasteiger partial charge in [-0.15, -0.1) is 0 Å². The molecule has 5 heteroatoms. The monoisotopic (exact) mass is 195 g/mol. The molecule has 1 aromatic carbocycles. The minimum absolute atomic E-state index is 0.102. The van der Waals surface area contributed by atoms with Crippen molar-refractivity contribution >= 4 is 11.9 Å². The molecule has 0 saturated heterocycles. The second kappa shape index (κ2) is 3.78. The zero-order valence-corrected chi connectivity index (χ0v) is 7.18. The Morgan fingerprint density at radius 1 is 1.36 bits per heavy atom. The van der Waals surface area contributed by atoms with E-state index in [-0.39, 0.29) is 11.3 Å². The largest absolute Gasteiger partial charge is 0.508 e. The number of aliphatic carboxylic acids is 1. The molecule has 1 amide bonds. The molecule has 1 aromatic rings. The molecule has 0 aliphatic carbocycles. The lowest BCUT2D eigenvalue weighted by atomic mass is 9.98. The Balaban J connectivity index is 3.12. The van der Waals surface area contributed by atoms with Crippen molar-refractivity contribution in [2.45, 2.75) is 5.92 Å². The summed E-state index contributed by atoms with van der Waals surface area (Å²) in [6, 6.07) is 5.44. The number of amides is 1. The highest BCUT2D eigenvalue weighted by Crippen LogP contribution is 2.20. The van der Waals surface area contributed by atoms with Crippen LogP contribution in [0.3, 0.4) is 0 Å². The molecule has 0 bridgehead atoms.